The van der Waals surface area contributed by atoms with Gasteiger partial charge < -0.3 is 5.32 Å². The van der Waals surface area contributed by atoms with E-state index >= 15 is 0 Å². The SMILES string of the molecule is CC(C)C1CCCN1CCNC1CC1. The summed E-state index contributed by atoms with van der Waals surface area (Å²) in [5, 5.41) is 3.60. The molecule has 0 aromatic heterocycles. The first kappa shape index (κ1) is 10.4. The van der Waals surface area contributed by atoms with Crippen molar-refractivity contribution in [2.45, 2.75) is 51.6 Å². The van der Waals surface area contributed by atoms with Crippen LogP contribution in [0.2, 0.25) is 0 Å². The smallest absolute Gasteiger partial charge is 0.0119 e. The molecule has 1 saturated heterocycles. The van der Waals surface area contributed by atoms with E-state index < -0.39 is 0 Å². The lowest BCUT2D eigenvalue weighted by Crippen LogP contribution is -2.38. The Labute approximate surface area is 88.1 Å². The topological polar surface area (TPSA) is 15.3 Å². The highest BCUT2D eigenvalue weighted by atomic mass is 15.2. The van der Waals surface area contributed by atoms with Crippen molar-refractivity contribution in [1.29, 1.82) is 0 Å². The van der Waals surface area contributed by atoms with Crippen molar-refractivity contribution in [3.8, 4) is 0 Å². The minimum absolute atomic E-state index is 0.832. The summed E-state index contributed by atoms with van der Waals surface area (Å²) in [5.74, 6) is 0.832. The predicted octanol–water partition coefficient (Wildman–Crippen LogP) is 1.86. The molecule has 2 nitrogen and oxygen atoms in total. The highest BCUT2D eigenvalue weighted by Crippen LogP contribution is 2.23. The second kappa shape index (κ2) is 4.63. The van der Waals surface area contributed by atoms with Crippen molar-refractivity contribution in [3.63, 3.8) is 0 Å². The van der Waals surface area contributed by atoms with Crippen molar-refractivity contribution < 1.29 is 0 Å². The summed E-state index contributed by atoms with van der Waals surface area (Å²) < 4.78 is 0. The lowest BCUT2D eigenvalue weighted by atomic mass is 10.0. The summed E-state index contributed by atoms with van der Waals surface area (Å²) in [7, 11) is 0. The van der Waals surface area contributed by atoms with Gasteiger partial charge >= 0.3 is 0 Å². The van der Waals surface area contributed by atoms with Crippen molar-refractivity contribution in [3.05, 3.63) is 0 Å². The third-order valence-electron chi connectivity index (χ3n) is 3.59. The van der Waals surface area contributed by atoms with Crippen LogP contribution in [0.25, 0.3) is 0 Å². The number of nitrogens with one attached hydrogen (secondary N) is 1. The molecular weight excluding hydrogens is 172 g/mol. The molecule has 1 aliphatic carbocycles. The van der Waals surface area contributed by atoms with Gasteiger partial charge in [-0.15, -0.1) is 0 Å². The molecule has 82 valence electrons. The van der Waals surface area contributed by atoms with E-state index in [9.17, 15) is 0 Å². The summed E-state index contributed by atoms with van der Waals surface area (Å²) in [5.41, 5.74) is 0. The fourth-order valence-electron chi connectivity index (χ4n) is 2.58. The maximum atomic E-state index is 3.60. The fraction of sp³-hybridized carbons (Fsp3) is 1.00. The summed E-state index contributed by atoms with van der Waals surface area (Å²) in [4.78, 5) is 2.68. The van der Waals surface area contributed by atoms with Crippen LogP contribution < -0.4 is 5.32 Å². The zero-order chi connectivity index (χ0) is 9.97. The maximum absolute atomic E-state index is 3.60. The Morgan fingerprint density at radius 3 is 2.71 bits per heavy atom. The van der Waals surface area contributed by atoms with Gasteiger partial charge in [-0.2, -0.15) is 0 Å². The molecule has 0 aromatic carbocycles. The average molecular weight is 196 g/mol. The van der Waals surface area contributed by atoms with Crippen LogP contribution in [0.15, 0.2) is 0 Å². The first-order valence-corrected chi connectivity index (χ1v) is 6.25. The molecule has 0 bridgehead atoms. The maximum Gasteiger partial charge on any atom is 0.0119 e. The van der Waals surface area contributed by atoms with E-state index in [0.717, 1.165) is 18.0 Å². The van der Waals surface area contributed by atoms with E-state index in [1.54, 1.807) is 0 Å². The molecule has 1 heterocycles. The molecule has 0 amide bonds. The van der Waals surface area contributed by atoms with E-state index in [0.29, 0.717) is 0 Å². The highest BCUT2D eigenvalue weighted by Gasteiger charge is 2.27. The minimum Gasteiger partial charge on any atom is -0.313 e. The van der Waals surface area contributed by atoms with Crippen molar-refractivity contribution in [2.24, 2.45) is 5.92 Å². The van der Waals surface area contributed by atoms with E-state index in [1.165, 1.54) is 45.3 Å². The Morgan fingerprint density at radius 1 is 1.29 bits per heavy atom. The van der Waals surface area contributed by atoms with Crippen LogP contribution in [0.5, 0.6) is 0 Å². The van der Waals surface area contributed by atoms with E-state index in [-0.39, 0.29) is 0 Å². The monoisotopic (exact) mass is 196 g/mol. The van der Waals surface area contributed by atoms with Gasteiger partial charge in [0.25, 0.3) is 0 Å². The largest absolute Gasteiger partial charge is 0.313 e. The summed E-state index contributed by atoms with van der Waals surface area (Å²) in [6.45, 7) is 8.51. The molecule has 0 aromatic rings. The Hall–Kier alpha value is -0.0800. The van der Waals surface area contributed by atoms with Crippen LogP contribution >= 0.6 is 0 Å². The van der Waals surface area contributed by atoms with Gasteiger partial charge in [0.2, 0.25) is 0 Å². The lowest BCUT2D eigenvalue weighted by molar-refractivity contribution is 0.207. The number of hydrogen-bond donors (Lipinski definition) is 1. The lowest BCUT2D eigenvalue weighted by Gasteiger charge is -2.27. The summed E-state index contributed by atoms with van der Waals surface area (Å²) >= 11 is 0. The molecule has 0 radical (unpaired) electrons. The number of hydrogen-bond acceptors (Lipinski definition) is 2. The number of rotatable bonds is 5. The average Bonchev–Trinajstić information content (AvgIpc) is 2.82. The Balaban J connectivity index is 1.66. The standard InChI is InChI=1S/C12H24N2/c1-10(2)12-4-3-8-14(12)9-7-13-11-5-6-11/h10-13H,3-9H2,1-2H3. The van der Waals surface area contributed by atoms with Gasteiger partial charge in [-0.05, 0) is 38.1 Å². The van der Waals surface area contributed by atoms with Gasteiger partial charge in [0.1, 0.15) is 0 Å². The van der Waals surface area contributed by atoms with Crippen LogP contribution in [-0.4, -0.2) is 36.6 Å². The zero-order valence-corrected chi connectivity index (χ0v) is 9.63. The zero-order valence-electron chi connectivity index (χ0n) is 9.63. The van der Waals surface area contributed by atoms with E-state index in [2.05, 4.69) is 24.1 Å². The molecule has 1 unspecified atom stereocenters. The quantitative estimate of drug-likeness (QED) is 0.722. The molecule has 1 atom stereocenters. The van der Waals surface area contributed by atoms with Crippen LogP contribution in [0, 0.1) is 5.92 Å². The van der Waals surface area contributed by atoms with Crippen LogP contribution in [0.4, 0.5) is 0 Å². The molecule has 14 heavy (non-hydrogen) atoms. The van der Waals surface area contributed by atoms with Gasteiger partial charge in [-0.1, -0.05) is 13.8 Å². The van der Waals surface area contributed by atoms with Gasteiger partial charge in [0.05, 0.1) is 0 Å². The van der Waals surface area contributed by atoms with E-state index in [1.807, 2.05) is 0 Å². The van der Waals surface area contributed by atoms with Crippen molar-refractivity contribution in [1.82, 2.24) is 10.2 Å². The normalized spacial score (nSPS) is 28.9. The molecule has 2 aliphatic rings. The summed E-state index contributed by atoms with van der Waals surface area (Å²) in [6.07, 6.45) is 5.65. The van der Waals surface area contributed by atoms with Gasteiger partial charge in [0, 0.05) is 25.2 Å². The highest BCUT2D eigenvalue weighted by molar-refractivity contribution is 4.84. The number of nitrogens with zero attached hydrogens (tertiary/aromatic N) is 1. The molecule has 1 N–H and O–H groups in total. The Kier molecular flexibility index (Phi) is 3.45. The van der Waals surface area contributed by atoms with E-state index in [4.69, 9.17) is 0 Å². The minimum atomic E-state index is 0.832. The molecule has 1 aliphatic heterocycles. The van der Waals surface area contributed by atoms with Gasteiger partial charge in [-0.25, -0.2) is 0 Å². The van der Waals surface area contributed by atoms with Gasteiger partial charge in [-0.3, -0.25) is 4.90 Å². The predicted molar refractivity (Wildman–Crippen MR) is 60.5 cm³/mol. The van der Waals surface area contributed by atoms with Crippen LogP contribution in [0.3, 0.4) is 0 Å². The molecule has 0 spiro atoms. The fourth-order valence-corrected chi connectivity index (χ4v) is 2.58. The molecule has 2 fully saturated rings. The third kappa shape index (κ3) is 2.71. The van der Waals surface area contributed by atoms with Crippen molar-refractivity contribution >= 4 is 0 Å². The van der Waals surface area contributed by atoms with Gasteiger partial charge in [0.15, 0.2) is 0 Å². The first-order chi connectivity index (χ1) is 6.77. The Morgan fingerprint density at radius 2 is 2.07 bits per heavy atom. The second-order valence-electron chi connectivity index (χ2n) is 5.22. The first-order valence-electron chi connectivity index (χ1n) is 6.25. The molecule has 2 rings (SSSR count). The summed E-state index contributed by atoms with van der Waals surface area (Å²) in [6, 6.07) is 1.73. The Bertz CT molecular complexity index is 175. The van der Waals surface area contributed by atoms with Crippen LogP contribution in [-0.2, 0) is 0 Å². The third-order valence-corrected chi connectivity index (χ3v) is 3.59. The molecule has 1 saturated carbocycles. The molecule has 2 heteroatoms. The molecular formula is C12H24N2. The van der Waals surface area contributed by atoms with Crippen molar-refractivity contribution in [2.75, 3.05) is 19.6 Å². The van der Waals surface area contributed by atoms with Crippen LogP contribution in [0.1, 0.15) is 39.5 Å². The second-order valence-corrected chi connectivity index (χ2v) is 5.22. The number of likely N-dealkylation sites (tertiary alicyclic amines) is 1.